The first-order chi connectivity index (χ1) is 13.3. The summed E-state index contributed by atoms with van der Waals surface area (Å²) in [6.07, 6.45) is 1.78. The maximum absolute atomic E-state index is 10.9. The first-order valence-corrected chi connectivity index (χ1v) is 9.81. The minimum atomic E-state index is 0.204. The van der Waals surface area contributed by atoms with Crippen LogP contribution in [0.4, 0.5) is 5.69 Å². The summed E-state index contributed by atoms with van der Waals surface area (Å²) in [5.41, 5.74) is 5.22. The van der Waals surface area contributed by atoms with Crippen molar-refractivity contribution in [3.8, 4) is 11.5 Å². The maximum atomic E-state index is 10.9. The lowest BCUT2D eigenvalue weighted by atomic mass is 9.93. The van der Waals surface area contributed by atoms with Crippen molar-refractivity contribution in [2.45, 2.75) is 46.5 Å². The van der Waals surface area contributed by atoms with Crippen LogP contribution in [0.1, 0.15) is 61.8 Å². The molecule has 0 atom stereocenters. The highest BCUT2D eigenvalue weighted by Gasteiger charge is 2.15. The second-order valence-corrected chi connectivity index (χ2v) is 7.87. The van der Waals surface area contributed by atoms with E-state index in [-0.39, 0.29) is 5.75 Å². The van der Waals surface area contributed by atoms with Gasteiger partial charge < -0.3 is 9.84 Å². The van der Waals surface area contributed by atoms with Crippen molar-refractivity contribution in [2.75, 3.05) is 7.11 Å². The van der Waals surface area contributed by atoms with Crippen LogP contribution < -0.4 is 4.74 Å². The molecule has 3 aromatic rings. The quantitative estimate of drug-likeness (QED) is 0.495. The van der Waals surface area contributed by atoms with Gasteiger partial charge in [0.1, 0.15) is 11.5 Å². The number of rotatable bonds is 5. The van der Waals surface area contributed by atoms with Crippen LogP contribution in [0.5, 0.6) is 11.5 Å². The number of aryl methyl sites for hydroxylation is 1. The largest absolute Gasteiger partial charge is 0.506 e. The normalized spacial score (nSPS) is 11.9. The van der Waals surface area contributed by atoms with Crippen molar-refractivity contribution >= 4 is 22.7 Å². The van der Waals surface area contributed by atoms with Gasteiger partial charge in [-0.1, -0.05) is 58.0 Å². The van der Waals surface area contributed by atoms with E-state index in [9.17, 15) is 5.11 Å². The Morgan fingerprint density at radius 3 is 2.14 bits per heavy atom. The number of benzene rings is 3. The predicted octanol–water partition coefficient (Wildman–Crippen LogP) is 6.86. The minimum absolute atomic E-state index is 0.204. The molecule has 3 rings (SSSR count). The van der Waals surface area contributed by atoms with Gasteiger partial charge in [-0.05, 0) is 53.0 Å². The van der Waals surface area contributed by atoms with E-state index in [1.165, 1.54) is 11.1 Å². The van der Waals surface area contributed by atoms with Gasteiger partial charge >= 0.3 is 0 Å². The van der Waals surface area contributed by atoms with Crippen LogP contribution >= 0.6 is 0 Å². The second-order valence-electron chi connectivity index (χ2n) is 7.87. The lowest BCUT2D eigenvalue weighted by Gasteiger charge is -2.16. The number of nitrogens with zero attached hydrogens (tertiary/aromatic N) is 1. The number of methoxy groups -OCH3 is 1. The molecule has 0 aliphatic rings. The van der Waals surface area contributed by atoms with Crippen LogP contribution in [-0.4, -0.2) is 18.4 Å². The van der Waals surface area contributed by atoms with Gasteiger partial charge in [0.2, 0.25) is 0 Å². The summed E-state index contributed by atoms with van der Waals surface area (Å²) in [6.45, 7) is 10.8. The number of hydrogen-bond acceptors (Lipinski definition) is 3. The zero-order chi connectivity index (χ0) is 20.4. The van der Waals surface area contributed by atoms with Gasteiger partial charge in [0.15, 0.2) is 0 Å². The van der Waals surface area contributed by atoms with Gasteiger partial charge in [-0.3, -0.25) is 4.99 Å². The molecule has 3 aromatic carbocycles. The molecule has 0 aliphatic carbocycles. The number of phenols is 1. The summed E-state index contributed by atoms with van der Waals surface area (Å²) >= 11 is 0. The highest BCUT2D eigenvalue weighted by atomic mass is 16.5. The Morgan fingerprint density at radius 2 is 1.57 bits per heavy atom. The number of phenolic OH excluding ortho intramolecular Hbond substituents is 1. The van der Waals surface area contributed by atoms with Crippen molar-refractivity contribution in [3.05, 3.63) is 64.7 Å². The van der Waals surface area contributed by atoms with E-state index >= 15 is 0 Å². The van der Waals surface area contributed by atoms with Crippen LogP contribution in [0.3, 0.4) is 0 Å². The third-order valence-electron chi connectivity index (χ3n) is 5.23. The van der Waals surface area contributed by atoms with E-state index in [1.54, 1.807) is 13.3 Å². The molecule has 0 amide bonds. The monoisotopic (exact) mass is 375 g/mol. The van der Waals surface area contributed by atoms with Crippen molar-refractivity contribution in [3.63, 3.8) is 0 Å². The Hall–Kier alpha value is -2.81. The number of aliphatic imine (C=N–C) groups is 1. The highest BCUT2D eigenvalue weighted by molar-refractivity contribution is 6.02. The first kappa shape index (κ1) is 19.9. The molecule has 0 fully saturated rings. The Kier molecular flexibility index (Phi) is 5.73. The van der Waals surface area contributed by atoms with Crippen LogP contribution in [0.2, 0.25) is 0 Å². The number of fused-ring (bicyclic) bond motifs is 1. The SMILES string of the molecule is COc1cccc2c(C)cc(C=Nc3c(C(C)C)cccc3C(C)C)c(O)c12. The fourth-order valence-electron chi connectivity index (χ4n) is 3.69. The van der Waals surface area contributed by atoms with Crippen molar-refractivity contribution < 1.29 is 9.84 Å². The third kappa shape index (κ3) is 3.62. The zero-order valence-corrected chi connectivity index (χ0v) is 17.6. The average Bonchev–Trinajstić information content (AvgIpc) is 2.68. The molecule has 28 heavy (non-hydrogen) atoms. The van der Waals surface area contributed by atoms with Crippen molar-refractivity contribution in [1.29, 1.82) is 0 Å². The summed E-state index contributed by atoms with van der Waals surface area (Å²) in [5, 5.41) is 12.7. The molecule has 0 unspecified atom stereocenters. The lowest BCUT2D eigenvalue weighted by Crippen LogP contribution is -1.96. The number of hydrogen-bond donors (Lipinski definition) is 1. The Morgan fingerprint density at radius 1 is 0.964 bits per heavy atom. The number of aromatic hydroxyl groups is 1. The van der Waals surface area contributed by atoms with Gasteiger partial charge in [-0.2, -0.15) is 0 Å². The fraction of sp³-hybridized carbons (Fsp3) is 0.320. The highest BCUT2D eigenvalue weighted by Crippen LogP contribution is 2.38. The smallest absolute Gasteiger partial charge is 0.135 e. The van der Waals surface area contributed by atoms with Gasteiger partial charge in [-0.25, -0.2) is 0 Å². The molecule has 0 aromatic heterocycles. The molecule has 1 N–H and O–H groups in total. The third-order valence-corrected chi connectivity index (χ3v) is 5.23. The summed E-state index contributed by atoms with van der Waals surface area (Å²) in [6, 6.07) is 14.2. The fourth-order valence-corrected chi connectivity index (χ4v) is 3.69. The minimum Gasteiger partial charge on any atom is -0.506 e. The molecule has 0 saturated heterocycles. The standard InChI is InChI=1S/C25H29NO2/c1-15(2)19-9-7-10-20(16(3)4)24(19)26-14-18-13-17(5)21-11-8-12-22(28-6)23(21)25(18)27/h7-16,27H,1-6H3. The Labute approximate surface area is 167 Å². The van der Waals surface area contributed by atoms with Crippen LogP contribution in [0.25, 0.3) is 10.8 Å². The van der Waals surface area contributed by atoms with Crippen LogP contribution in [0.15, 0.2) is 47.5 Å². The molecule has 0 spiro atoms. The molecule has 0 saturated carbocycles. The van der Waals surface area contributed by atoms with E-state index < -0.39 is 0 Å². The predicted molar refractivity (Wildman–Crippen MR) is 119 cm³/mol. The number of para-hydroxylation sites is 1. The number of ether oxygens (including phenoxy) is 1. The summed E-state index contributed by atoms with van der Waals surface area (Å²) in [5.74, 6) is 1.62. The molecule has 146 valence electrons. The molecule has 0 aliphatic heterocycles. The summed E-state index contributed by atoms with van der Waals surface area (Å²) in [4.78, 5) is 4.86. The lowest BCUT2D eigenvalue weighted by molar-refractivity contribution is 0.416. The average molecular weight is 376 g/mol. The molecule has 3 nitrogen and oxygen atoms in total. The van der Waals surface area contributed by atoms with Gasteiger partial charge in [0, 0.05) is 11.8 Å². The van der Waals surface area contributed by atoms with Gasteiger partial charge in [-0.15, -0.1) is 0 Å². The van der Waals surface area contributed by atoms with E-state index in [2.05, 4.69) is 45.9 Å². The summed E-state index contributed by atoms with van der Waals surface area (Å²) in [7, 11) is 1.62. The van der Waals surface area contributed by atoms with Crippen molar-refractivity contribution in [1.82, 2.24) is 0 Å². The second kappa shape index (κ2) is 8.05. The Balaban J connectivity index is 2.19. The molecule has 3 heteroatoms. The van der Waals surface area contributed by atoms with E-state index in [1.807, 2.05) is 31.2 Å². The molecule has 0 radical (unpaired) electrons. The van der Waals surface area contributed by atoms with Gasteiger partial charge in [0.25, 0.3) is 0 Å². The molecule has 0 bridgehead atoms. The summed E-state index contributed by atoms with van der Waals surface area (Å²) < 4.78 is 5.48. The first-order valence-electron chi connectivity index (χ1n) is 9.81. The van der Waals surface area contributed by atoms with E-state index in [4.69, 9.17) is 9.73 Å². The van der Waals surface area contributed by atoms with E-state index in [0.29, 0.717) is 23.1 Å². The van der Waals surface area contributed by atoms with Crippen molar-refractivity contribution in [2.24, 2.45) is 4.99 Å². The van der Waals surface area contributed by atoms with Crippen LogP contribution in [-0.2, 0) is 0 Å². The zero-order valence-electron chi connectivity index (χ0n) is 17.6. The Bertz CT molecular complexity index is 1010. The van der Waals surface area contributed by atoms with E-state index in [0.717, 1.165) is 22.0 Å². The van der Waals surface area contributed by atoms with Crippen LogP contribution in [0, 0.1) is 6.92 Å². The molecular weight excluding hydrogens is 346 g/mol. The molecule has 0 heterocycles. The maximum Gasteiger partial charge on any atom is 0.135 e. The topological polar surface area (TPSA) is 41.8 Å². The molecular formula is C25H29NO2. The van der Waals surface area contributed by atoms with Gasteiger partial charge in [0.05, 0.1) is 18.2 Å².